The van der Waals surface area contributed by atoms with Crippen molar-refractivity contribution in [3.8, 4) is 0 Å². The van der Waals surface area contributed by atoms with Gasteiger partial charge in [-0.05, 0) is 107 Å². The van der Waals surface area contributed by atoms with Gasteiger partial charge < -0.3 is 19.9 Å². The molecular weight excluding hydrogens is 813 g/mol. The van der Waals surface area contributed by atoms with E-state index < -0.39 is 30.0 Å². The van der Waals surface area contributed by atoms with Crippen molar-refractivity contribution in [2.45, 2.75) is 114 Å². The number of aryl methyl sites for hydroxylation is 2. The first-order valence-electron chi connectivity index (χ1n) is 22.7. The number of rotatable bonds is 13. The van der Waals surface area contributed by atoms with Crippen LogP contribution in [-0.2, 0) is 27.8 Å². The Balaban J connectivity index is 0.682. The van der Waals surface area contributed by atoms with Gasteiger partial charge in [0.05, 0.1) is 47.7 Å². The van der Waals surface area contributed by atoms with E-state index in [9.17, 15) is 28.0 Å². The lowest BCUT2D eigenvalue weighted by atomic mass is 9.84. The number of unbranched alkanes of at least 4 members (excludes halogenated alkanes) is 1. The molecule has 18 heteroatoms. The number of fused-ring (bicyclic) bond motifs is 4. The lowest BCUT2D eigenvalue weighted by Gasteiger charge is -2.36. The molecule has 0 spiro atoms. The minimum absolute atomic E-state index is 0.00976. The molecule has 4 aliphatic heterocycles. The molecule has 1 unspecified atom stereocenters. The maximum Gasteiger partial charge on any atom is 0.329 e. The fourth-order valence-electron chi connectivity index (χ4n) is 11.0. The largest absolute Gasteiger partial charge is 0.374 e. The first-order valence-corrected chi connectivity index (χ1v) is 22.7. The second kappa shape index (κ2) is 17.2. The zero-order valence-corrected chi connectivity index (χ0v) is 35.6. The monoisotopic (exact) mass is 867 g/mol. The molecule has 3 atom stereocenters. The van der Waals surface area contributed by atoms with Gasteiger partial charge in [0, 0.05) is 39.0 Å². The quantitative estimate of drug-likeness (QED) is 0.113. The molecule has 5 aromatic rings. The molecule has 334 valence electrons. The van der Waals surface area contributed by atoms with Crippen LogP contribution in [-0.4, -0.2) is 101 Å². The Morgan fingerprint density at radius 2 is 1.83 bits per heavy atom. The molecule has 8 heterocycles. The van der Waals surface area contributed by atoms with Crippen LogP contribution >= 0.6 is 0 Å². The summed E-state index contributed by atoms with van der Waals surface area (Å²) in [5.41, 5.74) is 2.60. The van der Waals surface area contributed by atoms with Crippen molar-refractivity contribution >= 4 is 45.9 Å². The van der Waals surface area contributed by atoms with Crippen LogP contribution in [0.25, 0.3) is 16.7 Å². The molecule has 1 aliphatic carbocycles. The zero-order valence-electron chi connectivity index (χ0n) is 35.6. The third kappa shape index (κ3) is 8.15. The summed E-state index contributed by atoms with van der Waals surface area (Å²) in [6.07, 6.45) is 13.7. The lowest BCUT2D eigenvalue weighted by Crippen LogP contribution is -2.44. The van der Waals surface area contributed by atoms with E-state index in [0.717, 1.165) is 100.0 Å². The summed E-state index contributed by atoms with van der Waals surface area (Å²) in [5.74, 6) is 0.691. The van der Waals surface area contributed by atoms with Gasteiger partial charge in [-0.15, -0.1) is 0 Å². The van der Waals surface area contributed by atoms with Gasteiger partial charge in [-0.2, -0.15) is 10.2 Å². The molecule has 1 saturated carbocycles. The summed E-state index contributed by atoms with van der Waals surface area (Å²) in [4.78, 5) is 60.8. The van der Waals surface area contributed by atoms with Gasteiger partial charge in [-0.1, -0.05) is 25.0 Å². The Bertz CT molecular complexity index is 2580. The third-order valence-electron chi connectivity index (χ3n) is 14.4. The van der Waals surface area contributed by atoms with E-state index in [4.69, 9.17) is 9.72 Å². The molecule has 10 rings (SSSR count). The number of amides is 3. The van der Waals surface area contributed by atoms with Gasteiger partial charge in [0.25, 0.3) is 12.3 Å². The number of piperidine rings is 2. The average Bonchev–Trinajstić information content (AvgIpc) is 4.13. The van der Waals surface area contributed by atoms with Crippen LogP contribution in [0.1, 0.15) is 117 Å². The smallest absolute Gasteiger partial charge is 0.329 e. The van der Waals surface area contributed by atoms with Crippen molar-refractivity contribution in [3.63, 3.8) is 0 Å². The van der Waals surface area contributed by atoms with Crippen LogP contribution in [0.4, 0.5) is 20.3 Å². The summed E-state index contributed by atoms with van der Waals surface area (Å²) in [6.45, 7) is 4.60. The van der Waals surface area contributed by atoms with Crippen molar-refractivity contribution in [1.82, 2.24) is 43.7 Å². The summed E-state index contributed by atoms with van der Waals surface area (Å²) in [5, 5.41) is 13.7. The molecule has 4 saturated heterocycles. The van der Waals surface area contributed by atoms with E-state index in [1.807, 2.05) is 18.2 Å². The minimum Gasteiger partial charge on any atom is -0.374 e. The SMILES string of the molecule is Cn1c(=O)n(C2CCC(=O)NC2=O)c2cccc(CCCCC3CCN(CC4CCC(n5cc(NC(=O)c6cnn7ccc(N8C[C@H]9C[C@@H]8CO9)nc67)c(C(F)F)n5)CC4)CC3)c21. The number of anilines is 2. The van der Waals surface area contributed by atoms with Crippen LogP contribution in [0, 0.1) is 11.8 Å². The number of carbonyl (C=O) groups excluding carboxylic acids is 3. The molecule has 1 aromatic carbocycles. The molecule has 2 bridgehead atoms. The molecule has 63 heavy (non-hydrogen) atoms. The lowest BCUT2D eigenvalue weighted by molar-refractivity contribution is -0.135. The Morgan fingerprint density at radius 1 is 1.00 bits per heavy atom. The standard InChI is InChI=1S/C45H55F2N11O5/c1-53-40-29(7-4-8-35(40)58(45(53)62)36-13-14-38(59)51-44(36)61)6-3-2-5-27-15-18-54(19-16-27)23-28-9-11-30(12-10-28)57-25-34(39(52-57)41(46)47)49-43(60)33-22-48-56-20-17-37(50-42(33)56)55-24-32-21-31(55)26-63-32/h4,7-8,17,20,22,25,27-28,30-32,36,41H,2-3,5-6,9-16,18-19,21,23-24,26H2,1H3,(H,49,60)(H,51,59,61)/t28?,30?,31-,32-,36?/m1/s1. The van der Waals surface area contributed by atoms with E-state index in [1.54, 1.807) is 33.3 Å². The van der Waals surface area contributed by atoms with Gasteiger partial charge in [-0.25, -0.2) is 23.1 Å². The van der Waals surface area contributed by atoms with Crippen molar-refractivity contribution in [2.24, 2.45) is 18.9 Å². The van der Waals surface area contributed by atoms with E-state index >= 15 is 0 Å². The summed E-state index contributed by atoms with van der Waals surface area (Å²) >= 11 is 0. The summed E-state index contributed by atoms with van der Waals surface area (Å²) < 4.78 is 40.7. The number of benzene rings is 1. The number of likely N-dealkylation sites (tertiary alicyclic amines) is 1. The number of hydrogen-bond donors (Lipinski definition) is 2. The van der Waals surface area contributed by atoms with Crippen LogP contribution in [0.5, 0.6) is 0 Å². The second-order valence-electron chi connectivity index (χ2n) is 18.4. The van der Waals surface area contributed by atoms with Crippen LogP contribution in [0.15, 0.2) is 47.7 Å². The number of imidazole rings is 1. The van der Waals surface area contributed by atoms with Gasteiger partial charge in [0.2, 0.25) is 11.8 Å². The highest BCUT2D eigenvalue weighted by Gasteiger charge is 2.40. The highest BCUT2D eigenvalue weighted by molar-refractivity contribution is 6.08. The maximum atomic E-state index is 14.3. The van der Waals surface area contributed by atoms with E-state index in [0.29, 0.717) is 30.5 Å². The predicted octanol–water partition coefficient (Wildman–Crippen LogP) is 5.58. The molecule has 2 N–H and O–H groups in total. The van der Waals surface area contributed by atoms with Gasteiger partial charge >= 0.3 is 5.69 Å². The highest BCUT2D eigenvalue weighted by Crippen LogP contribution is 2.37. The van der Waals surface area contributed by atoms with Crippen LogP contribution in [0.2, 0.25) is 0 Å². The number of aromatic nitrogens is 7. The Hall–Kier alpha value is -5.49. The van der Waals surface area contributed by atoms with Crippen LogP contribution < -0.4 is 21.2 Å². The third-order valence-corrected chi connectivity index (χ3v) is 14.4. The Morgan fingerprint density at radius 3 is 2.57 bits per heavy atom. The fourth-order valence-corrected chi connectivity index (χ4v) is 11.0. The number of nitrogens with zero attached hydrogens (tertiary/aromatic N) is 9. The number of ether oxygens (including phenoxy) is 1. The van der Waals surface area contributed by atoms with Crippen LogP contribution in [0.3, 0.4) is 0 Å². The maximum absolute atomic E-state index is 14.3. The van der Waals surface area contributed by atoms with Crippen molar-refractivity contribution in [1.29, 1.82) is 0 Å². The topological polar surface area (TPSA) is 166 Å². The van der Waals surface area contributed by atoms with E-state index in [-0.39, 0.29) is 47.5 Å². The van der Waals surface area contributed by atoms with Gasteiger partial charge in [-0.3, -0.25) is 33.5 Å². The van der Waals surface area contributed by atoms with Gasteiger partial charge in [0.15, 0.2) is 11.3 Å². The fraction of sp³-hybridized carbons (Fsp3) is 0.578. The second-order valence-corrected chi connectivity index (χ2v) is 18.4. The van der Waals surface area contributed by atoms with Crippen molar-refractivity contribution < 1.29 is 27.9 Å². The number of hydrogen-bond acceptors (Lipinski definition) is 10. The first-order chi connectivity index (χ1) is 30.6. The van der Waals surface area contributed by atoms with E-state index in [1.165, 1.54) is 30.0 Å². The Labute approximate surface area is 362 Å². The number of morpholine rings is 1. The normalized spacial score (nSPS) is 24.6. The zero-order chi connectivity index (χ0) is 43.4. The molecule has 3 amide bonds. The van der Waals surface area contributed by atoms with Crippen molar-refractivity contribution in [2.75, 3.05) is 43.0 Å². The number of alkyl halides is 2. The molecule has 16 nitrogen and oxygen atoms in total. The number of halogens is 2. The summed E-state index contributed by atoms with van der Waals surface area (Å²) in [7, 11) is 1.76. The summed E-state index contributed by atoms with van der Waals surface area (Å²) in [6, 6.07) is 7.33. The van der Waals surface area contributed by atoms with E-state index in [2.05, 4.69) is 36.7 Å². The molecule has 0 radical (unpaired) electrons. The molecule has 5 fully saturated rings. The number of carbonyl (C=O) groups is 3. The molecule has 4 aromatic heterocycles. The number of imide groups is 1. The minimum atomic E-state index is -2.85. The predicted molar refractivity (Wildman–Crippen MR) is 230 cm³/mol. The molecule has 5 aliphatic rings. The number of nitrogens with one attached hydrogen (secondary N) is 2. The van der Waals surface area contributed by atoms with Crippen molar-refractivity contribution in [3.05, 3.63) is 70.2 Å². The Kier molecular flexibility index (Phi) is 11.4. The first kappa shape index (κ1) is 41.5. The highest BCUT2D eigenvalue weighted by atomic mass is 19.3. The number of para-hydroxylation sites is 1. The molecular formula is C45H55F2N11O5. The average molecular weight is 868 g/mol. The van der Waals surface area contributed by atoms with Gasteiger partial charge in [0.1, 0.15) is 17.4 Å².